The van der Waals surface area contributed by atoms with Crippen molar-refractivity contribution in [1.82, 2.24) is 5.32 Å². The standard InChI is InChI=1S/C18H25NO2/c1-21-16-6-4-5-15(11-16)13-18(12-14-7-8-14)9-2-3-10-19-17(18)20/h4-6,11,14H,2-3,7-10,12-13H2,1H3,(H,19,20). The van der Waals surface area contributed by atoms with Crippen molar-refractivity contribution in [3.63, 3.8) is 0 Å². The minimum Gasteiger partial charge on any atom is -0.497 e. The number of rotatable bonds is 5. The van der Waals surface area contributed by atoms with Gasteiger partial charge in [-0.05, 0) is 49.3 Å². The number of hydrogen-bond donors (Lipinski definition) is 1. The van der Waals surface area contributed by atoms with E-state index < -0.39 is 0 Å². The van der Waals surface area contributed by atoms with Crippen molar-refractivity contribution in [1.29, 1.82) is 0 Å². The number of carbonyl (C=O) groups excluding carboxylic acids is 1. The molecule has 1 aromatic rings. The Balaban J connectivity index is 1.84. The van der Waals surface area contributed by atoms with Gasteiger partial charge in [-0.15, -0.1) is 0 Å². The van der Waals surface area contributed by atoms with Crippen LogP contribution in [0.3, 0.4) is 0 Å². The summed E-state index contributed by atoms with van der Waals surface area (Å²) in [7, 11) is 1.69. The minimum atomic E-state index is -0.204. The first kappa shape index (κ1) is 14.4. The average Bonchev–Trinajstić information content (AvgIpc) is 3.31. The van der Waals surface area contributed by atoms with Crippen molar-refractivity contribution in [2.75, 3.05) is 13.7 Å². The summed E-state index contributed by atoms with van der Waals surface area (Å²) in [4.78, 5) is 12.7. The maximum Gasteiger partial charge on any atom is 0.226 e. The fourth-order valence-corrected chi connectivity index (χ4v) is 3.57. The van der Waals surface area contributed by atoms with Gasteiger partial charge in [-0.3, -0.25) is 4.79 Å². The van der Waals surface area contributed by atoms with Crippen LogP contribution in [-0.4, -0.2) is 19.6 Å². The molecule has 1 heterocycles. The average molecular weight is 287 g/mol. The fourth-order valence-electron chi connectivity index (χ4n) is 3.57. The van der Waals surface area contributed by atoms with E-state index in [-0.39, 0.29) is 11.3 Å². The molecule has 1 aromatic carbocycles. The van der Waals surface area contributed by atoms with Gasteiger partial charge in [0.2, 0.25) is 5.91 Å². The van der Waals surface area contributed by atoms with E-state index in [1.54, 1.807) is 7.11 Å². The first-order chi connectivity index (χ1) is 10.2. The lowest BCUT2D eigenvalue weighted by atomic mass is 9.73. The van der Waals surface area contributed by atoms with Gasteiger partial charge in [0.25, 0.3) is 0 Å². The number of nitrogens with one attached hydrogen (secondary N) is 1. The Labute approximate surface area is 127 Å². The molecule has 1 N–H and O–H groups in total. The highest BCUT2D eigenvalue weighted by molar-refractivity contribution is 5.83. The third-order valence-electron chi connectivity index (χ3n) is 4.90. The summed E-state index contributed by atoms with van der Waals surface area (Å²) in [6, 6.07) is 8.18. The van der Waals surface area contributed by atoms with Gasteiger partial charge in [0, 0.05) is 6.54 Å². The maximum atomic E-state index is 12.7. The summed E-state index contributed by atoms with van der Waals surface area (Å²) >= 11 is 0. The summed E-state index contributed by atoms with van der Waals surface area (Å²) in [5.41, 5.74) is 1.01. The lowest BCUT2D eigenvalue weighted by Gasteiger charge is -2.31. The second kappa shape index (κ2) is 6.08. The zero-order valence-corrected chi connectivity index (χ0v) is 12.9. The highest BCUT2D eigenvalue weighted by Gasteiger charge is 2.43. The first-order valence-electron chi connectivity index (χ1n) is 8.13. The van der Waals surface area contributed by atoms with E-state index in [1.807, 2.05) is 12.1 Å². The van der Waals surface area contributed by atoms with E-state index >= 15 is 0 Å². The Bertz CT molecular complexity index is 510. The smallest absolute Gasteiger partial charge is 0.226 e. The molecule has 3 nitrogen and oxygen atoms in total. The van der Waals surface area contributed by atoms with Crippen LogP contribution in [0.5, 0.6) is 5.75 Å². The molecule has 3 rings (SSSR count). The van der Waals surface area contributed by atoms with E-state index in [1.165, 1.54) is 18.4 Å². The van der Waals surface area contributed by atoms with Crippen LogP contribution in [-0.2, 0) is 11.2 Å². The van der Waals surface area contributed by atoms with Crippen LogP contribution >= 0.6 is 0 Å². The molecular formula is C18H25NO2. The molecule has 2 aliphatic rings. The number of ether oxygens (including phenoxy) is 1. The zero-order valence-electron chi connectivity index (χ0n) is 12.9. The Hall–Kier alpha value is -1.51. The topological polar surface area (TPSA) is 38.3 Å². The molecule has 1 unspecified atom stereocenters. The van der Waals surface area contributed by atoms with Crippen molar-refractivity contribution in [3.05, 3.63) is 29.8 Å². The summed E-state index contributed by atoms with van der Waals surface area (Å²) in [5.74, 6) is 1.91. The largest absolute Gasteiger partial charge is 0.497 e. The monoisotopic (exact) mass is 287 g/mol. The molecule has 2 fully saturated rings. The van der Waals surface area contributed by atoms with Crippen LogP contribution in [0.25, 0.3) is 0 Å². The third-order valence-corrected chi connectivity index (χ3v) is 4.90. The fraction of sp³-hybridized carbons (Fsp3) is 0.611. The van der Waals surface area contributed by atoms with Gasteiger partial charge in [0.05, 0.1) is 12.5 Å². The van der Waals surface area contributed by atoms with Crippen molar-refractivity contribution in [3.8, 4) is 5.75 Å². The molecule has 0 spiro atoms. The molecule has 0 radical (unpaired) electrons. The van der Waals surface area contributed by atoms with Gasteiger partial charge in [-0.25, -0.2) is 0 Å². The number of hydrogen-bond acceptors (Lipinski definition) is 2. The molecule has 114 valence electrons. The molecule has 1 saturated carbocycles. The Morgan fingerprint density at radius 2 is 2.19 bits per heavy atom. The highest BCUT2D eigenvalue weighted by Crippen LogP contribution is 2.45. The molecule has 1 saturated heterocycles. The van der Waals surface area contributed by atoms with Crippen molar-refractivity contribution in [2.24, 2.45) is 11.3 Å². The predicted octanol–water partition coefficient (Wildman–Crippen LogP) is 3.32. The number of methoxy groups -OCH3 is 1. The second-order valence-corrected chi connectivity index (χ2v) is 6.67. The number of carbonyl (C=O) groups is 1. The van der Waals surface area contributed by atoms with Gasteiger partial charge in [-0.1, -0.05) is 31.4 Å². The molecule has 21 heavy (non-hydrogen) atoms. The molecule has 1 atom stereocenters. The molecular weight excluding hydrogens is 262 g/mol. The predicted molar refractivity (Wildman–Crippen MR) is 83.3 cm³/mol. The van der Waals surface area contributed by atoms with E-state index in [4.69, 9.17) is 4.74 Å². The Kier molecular flexibility index (Phi) is 4.18. The van der Waals surface area contributed by atoms with Crippen molar-refractivity contribution < 1.29 is 9.53 Å². The normalized spacial score (nSPS) is 26.0. The van der Waals surface area contributed by atoms with Crippen molar-refractivity contribution in [2.45, 2.75) is 44.9 Å². The Morgan fingerprint density at radius 3 is 2.95 bits per heavy atom. The molecule has 1 aliphatic carbocycles. The SMILES string of the molecule is COc1cccc(CC2(CC3CC3)CCCCNC2=O)c1. The first-order valence-corrected chi connectivity index (χ1v) is 8.13. The van der Waals surface area contributed by atoms with E-state index in [2.05, 4.69) is 17.4 Å². The quantitative estimate of drug-likeness (QED) is 0.902. The van der Waals surface area contributed by atoms with E-state index in [0.29, 0.717) is 0 Å². The van der Waals surface area contributed by atoms with Gasteiger partial charge < -0.3 is 10.1 Å². The second-order valence-electron chi connectivity index (χ2n) is 6.67. The molecule has 0 aromatic heterocycles. The molecule has 0 bridgehead atoms. The highest BCUT2D eigenvalue weighted by atomic mass is 16.5. The maximum absolute atomic E-state index is 12.7. The Morgan fingerprint density at radius 1 is 1.33 bits per heavy atom. The van der Waals surface area contributed by atoms with Gasteiger partial charge in [0.1, 0.15) is 5.75 Å². The molecule has 3 heteroatoms. The minimum absolute atomic E-state index is 0.204. The summed E-state index contributed by atoms with van der Waals surface area (Å²) < 4.78 is 5.32. The van der Waals surface area contributed by atoms with E-state index in [9.17, 15) is 4.79 Å². The van der Waals surface area contributed by atoms with Gasteiger partial charge in [-0.2, -0.15) is 0 Å². The van der Waals surface area contributed by atoms with Crippen LogP contribution in [0.4, 0.5) is 0 Å². The number of benzene rings is 1. The van der Waals surface area contributed by atoms with Crippen molar-refractivity contribution >= 4 is 5.91 Å². The number of amides is 1. The van der Waals surface area contributed by atoms with Crippen LogP contribution in [0.15, 0.2) is 24.3 Å². The van der Waals surface area contributed by atoms with Gasteiger partial charge >= 0.3 is 0 Å². The lowest BCUT2D eigenvalue weighted by molar-refractivity contribution is -0.131. The van der Waals surface area contributed by atoms with Crippen LogP contribution in [0.1, 0.15) is 44.1 Å². The zero-order chi connectivity index (χ0) is 14.7. The van der Waals surface area contributed by atoms with Gasteiger partial charge in [0.15, 0.2) is 0 Å². The van der Waals surface area contributed by atoms with E-state index in [0.717, 1.165) is 50.3 Å². The lowest BCUT2D eigenvalue weighted by Crippen LogP contribution is -2.41. The van der Waals surface area contributed by atoms with Crippen LogP contribution in [0.2, 0.25) is 0 Å². The summed E-state index contributed by atoms with van der Waals surface area (Å²) in [6.45, 7) is 0.837. The molecule has 1 amide bonds. The summed E-state index contributed by atoms with van der Waals surface area (Å²) in [6.07, 6.45) is 7.76. The molecule has 1 aliphatic heterocycles. The van der Waals surface area contributed by atoms with Crippen LogP contribution in [0, 0.1) is 11.3 Å². The van der Waals surface area contributed by atoms with Crippen LogP contribution < -0.4 is 10.1 Å². The third kappa shape index (κ3) is 3.39. The summed E-state index contributed by atoms with van der Waals surface area (Å²) in [5, 5.41) is 3.15.